The Morgan fingerprint density at radius 2 is 1.74 bits per heavy atom. The molecule has 0 aliphatic rings. The average Bonchev–Trinajstić information content (AvgIpc) is 3.41. The normalized spacial score (nSPS) is 10.9. The minimum Gasteiger partial charge on any atom is -0.497 e. The highest BCUT2D eigenvalue weighted by molar-refractivity contribution is 5.75. The molecule has 0 atom stereocenters. The molecule has 0 unspecified atom stereocenters. The van der Waals surface area contributed by atoms with E-state index in [1.54, 1.807) is 48.0 Å². The van der Waals surface area contributed by atoms with E-state index in [2.05, 4.69) is 20.4 Å². The van der Waals surface area contributed by atoms with E-state index in [0.29, 0.717) is 29.6 Å². The van der Waals surface area contributed by atoms with Gasteiger partial charge in [-0.25, -0.2) is 9.67 Å². The van der Waals surface area contributed by atoms with Gasteiger partial charge in [0.2, 0.25) is 5.95 Å². The number of pyridine rings is 1. The topological polar surface area (TPSA) is 96.1 Å². The molecule has 3 heterocycles. The lowest BCUT2D eigenvalue weighted by molar-refractivity contribution is 0.393. The van der Waals surface area contributed by atoms with Gasteiger partial charge in [0.1, 0.15) is 17.1 Å². The number of nitrogens with one attached hydrogen (secondary N) is 1. The van der Waals surface area contributed by atoms with Crippen LogP contribution in [-0.2, 0) is 6.54 Å². The van der Waals surface area contributed by atoms with Crippen LogP contribution in [0.15, 0.2) is 84.0 Å². The highest BCUT2D eigenvalue weighted by atomic mass is 16.5. The molecule has 0 saturated carbocycles. The molecule has 0 amide bonds. The molecule has 0 spiro atoms. The van der Waals surface area contributed by atoms with Crippen molar-refractivity contribution >= 4 is 22.7 Å². The highest BCUT2D eigenvalue weighted by Crippen LogP contribution is 2.24. The van der Waals surface area contributed by atoms with Crippen molar-refractivity contribution in [3.63, 3.8) is 0 Å². The van der Waals surface area contributed by atoms with E-state index in [9.17, 15) is 4.79 Å². The molecule has 34 heavy (non-hydrogen) atoms. The third kappa shape index (κ3) is 4.31. The second-order valence-corrected chi connectivity index (χ2v) is 7.57. The third-order valence-corrected chi connectivity index (χ3v) is 5.37. The smallest absolute Gasteiger partial charge is 0.252 e. The zero-order valence-electron chi connectivity index (χ0n) is 18.7. The van der Waals surface area contributed by atoms with Crippen LogP contribution in [-0.4, -0.2) is 38.5 Å². The standard InChI is InChI=1S/C25H22N6O3/c1-33-21-12-17(13-22(14-21)34-2)16-30-23(32)9-4-18-15-26-25(29-24(18)30)28-19-5-7-20(8-6-19)31-11-3-10-27-31/h3-15H,16H2,1-2H3,(H,26,28,29). The molecule has 170 valence electrons. The number of methoxy groups -OCH3 is 2. The number of rotatable bonds is 7. The number of nitrogens with zero attached hydrogens (tertiary/aromatic N) is 5. The molecule has 9 nitrogen and oxygen atoms in total. The first-order chi connectivity index (χ1) is 16.6. The Hall–Kier alpha value is -4.66. The van der Waals surface area contributed by atoms with Gasteiger partial charge >= 0.3 is 0 Å². The Labute approximate surface area is 195 Å². The lowest BCUT2D eigenvalue weighted by atomic mass is 10.2. The average molecular weight is 454 g/mol. The second kappa shape index (κ2) is 9.07. The maximum atomic E-state index is 12.8. The maximum absolute atomic E-state index is 12.8. The van der Waals surface area contributed by atoms with E-state index in [-0.39, 0.29) is 5.56 Å². The Morgan fingerprint density at radius 3 is 2.41 bits per heavy atom. The quantitative estimate of drug-likeness (QED) is 0.400. The van der Waals surface area contributed by atoms with Crippen molar-refractivity contribution in [2.75, 3.05) is 19.5 Å². The van der Waals surface area contributed by atoms with Gasteiger partial charge < -0.3 is 14.8 Å². The molecule has 0 fully saturated rings. The fourth-order valence-electron chi connectivity index (χ4n) is 3.67. The Bertz CT molecular complexity index is 1470. The molecule has 0 bridgehead atoms. The number of aromatic nitrogens is 5. The summed E-state index contributed by atoms with van der Waals surface area (Å²) in [7, 11) is 3.19. The fraction of sp³-hybridized carbons (Fsp3) is 0.120. The van der Waals surface area contributed by atoms with Gasteiger partial charge in [0.15, 0.2) is 0 Å². The van der Waals surface area contributed by atoms with Crippen molar-refractivity contribution < 1.29 is 9.47 Å². The molecule has 5 aromatic rings. The summed E-state index contributed by atoms with van der Waals surface area (Å²) in [6.45, 7) is 0.304. The van der Waals surface area contributed by atoms with Crippen molar-refractivity contribution in [3.8, 4) is 17.2 Å². The van der Waals surface area contributed by atoms with E-state index in [0.717, 1.165) is 22.3 Å². The summed E-state index contributed by atoms with van der Waals surface area (Å²) in [6, 6.07) is 18.4. The van der Waals surface area contributed by atoms with Crippen molar-refractivity contribution in [1.82, 2.24) is 24.3 Å². The molecule has 0 radical (unpaired) electrons. The molecular weight excluding hydrogens is 432 g/mol. The summed E-state index contributed by atoms with van der Waals surface area (Å²) in [4.78, 5) is 21.8. The van der Waals surface area contributed by atoms with Gasteiger partial charge in [-0.3, -0.25) is 9.36 Å². The first-order valence-corrected chi connectivity index (χ1v) is 10.6. The van der Waals surface area contributed by atoms with Crippen molar-refractivity contribution in [2.45, 2.75) is 6.54 Å². The van der Waals surface area contributed by atoms with E-state index in [1.807, 2.05) is 48.7 Å². The van der Waals surface area contributed by atoms with Crippen LogP contribution in [0.2, 0.25) is 0 Å². The molecule has 0 saturated heterocycles. The van der Waals surface area contributed by atoms with Crippen molar-refractivity contribution in [3.05, 3.63) is 95.2 Å². The first-order valence-electron chi connectivity index (χ1n) is 10.6. The Kier molecular flexibility index (Phi) is 5.65. The molecule has 9 heteroatoms. The van der Waals surface area contributed by atoms with Crippen LogP contribution in [0.4, 0.5) is 11.6 Å². The zero-order chi connectivity index (χ0) is 23.5. The number of benzene rings is 2. The van der Waals surface area contributed by atoms with E-state index in [1.165, 1.54) is 6.07 Å². The summed E-state index contributed by atoms with van der Waals surface area (Å²) < 4.78 is 14.1. The predicted molar refractivity (Wildman–Crippen MR) is 129 cm³/mol. The number of hydrogen-bond acceptors (Lipinski definition) is 7. The van der Waals surface area contributed by atoms with Gasteiger partial charge in [-0.2, -0.15) is 10.1 Å². The summed E-state index contributed by atoms with van der Waals surface area (Å²) in [5.41, 5.74) is 2.98. The molecule has 2 aromatic carbocycles. The van der Waals surface area contributed by atoms with Crippen LogP contribution in [0.3, 0.4) is 0 Å². The van der Waals surface area contributed by atoms with Crippen LogP contribution < -0.4 is 20.3 Å². The van der Waals surface area contributed by atoms with E-state index < -0.39 is 0 Å². The SMILES string of the molecule is COc1cc(Cn2c(=O)ccc3cnc(Nc4ccc(-n5cccn5)cc4)nc32)cc(OC)c1. The van der Waals surface area contributed by atoms with Gasteiger partial charge in [0.05, 0.1) is 26.5 Å². The van der Waals surface area contributed by atoms with Gasteiger partial charge in [-0.05, 0) is 54.1 Å². The molecular formula is C25H22N6O3. The maximum Gasteiger partial charge on any atom is 0.252 e. The van der Waals surface area contributed by atoms with Crippen LogP contribution in [0, 0.1) is 0 Å². The van der Waals surface area contributed by atoms with Gasteiger partial charge in [0.25, 0.3) is 5.56 Å². The predicted octanol–water partition coefficient (Wildman–Crippen LogP) is 3.79. The second-order valence-electron chi connectivity index (χ2n) is 7.57. The summed E-state index contributed by atoms with van der Waals surface area (Å²) >= 11 is 0. The first kappa shape index (κ1) is 21.2. The molecule has 5 rings (SSSR count). The fourth-order valence-corrected chi connectivity index (χ4v) is 3.67. The van der Waals surface area contributed by atoms with Crippen LogP contribution in [0.5, 0.6) is 11.5 Å². The van der Waals surface area contributed by atoms with Gasteiger partial charge in [0, 0.05) is 41.8 Å². The van der Waals surface area contributed by atoms with Crippen LogP contribution >= 0.6 is 0 Å². The lowest BCUT2D eigenvalue weighted by Gasteiger charge is -2.13. The number of ether oxygens (including phenoxy) is 2. The zero-order valence-corrected chi connectivity index (χ0v) is 18.7. The van der Waals surface area contributed by atoms with Crippen LogP contribution in [0.1, 0.15) is 5.56 Å². The highest BCUT2D eigenvalue weighted by Gasteiger charge is 2.10. The Morgan fingerprint density at radius 1 is 0.971 bits per heavy atom. The van der Waals surface area contributed by atoms with E-state index >= 15 is 0 Å². The Balaban J connectivity index is 1.47. The van der Waals surface area contributed by atoms with Gasteiger partial charge in [-0.1, -0.05) is 0 Å². The molecule has 0 aliphatic heterocycles. The number of fused-ring (bicyclic) bond motifs is 1. The van der Waals surface area contributed by atoms with E-state index in [4.69, 9.17) is 9.47 Å². The molecule has 0 aliphatic carbocycles. The van der Waals surface area contributed by atoms with Crippen LogP contribution in [0.25, 0.3) is 16.7 Å². The monoisotopic (exact) mass is 454 g/mol. The third-order valence-electron chi connectivity index (χ3n) is 5.37. The van der Waals surface area contributed by atoms with Crippen molar-refractivity contribution in [2.24, 2.45) is 0 Å². The molecule has 3 aromatic heterocycles. The number of hydrogen-bond donors (Lipinski definition) is 1. The largest absolute Gasteiger partial charge is 0.497 e. The minimum atomic E-state index is -0.164. The van der Waals surface area contributed by atoms with Crippen molar-refractivity contribution in [1.29, 1.82) is 0 Å². The minimum absolute atomic E-state index is 0.164. The summed E-state index contributed by atoms with van der Waals surface area (Å²) in [6.07, 6.45) is 5.31. The summed E-state index contributed by atoms with van der Waals surface area (Å²) in [5.74, 6) is 1.69. The summed E-state index contributed by atoms with van der Waals surface area (Å²) in [5, 5.41) is 8.20. The molecule has 1 N–H and O–H groups in total. The lowest BCUT2D eigenvalue weighted by Crippen LogP contribution is -2.21. The number of anilines is 2. The van der Waals surface area contributed by atoms with Gasteiger partial charge in [-0.15, -0.1) is 0 Å².